The first kappa shape index (κ1) is 8.80. The van der Waals surface area contributed by atoms with Crippen molar-refractivity contribution in [3.05, 3.63) is 36.3 Å². The van der Waals surface area contributed by atoms with Gasteiger partial charge in [-0.15, -0.1) is 0 Å². The molecule has 0 radical (unpaired) electrons. The van der Waals surface area contributed by atoms with Crippen LogP contribution in [0.2, 0.25) is 0 Å². The quantitative estimate of drug-likeness (QED) is 0.759. The molecule has 1 saturated heterocycles. The summed E-state index contributed by atoms with van der Waals surface area (Å²) in [4.78, 5) is 8.50. The summed E-state index contributed by atoms with van der Waals surface area (Å²) in [7, 11) is 0. The lowest BCUT2D eigenvalue weighted by Crippen LogP contribution is -2.08. The minimum atomic E-state index is 0.634. The van der Waals surface area contributed by atoms with Crippen LogP contribution in [0.25, 0.3) is 10.9 Å². The Bertz CT molecular complexity index is 475. The van der Waals surface area contributed by atoms with Crippen molar-refractivity contribution in [1.82, 2.24) is 15.3 Å². The fourth-order valence-electron chi connectivity index (χ4n) is 2.15. The van der Waals surface area contributed by atoms with Crippen LogP contribution in [0, 0.1) is 0 Å². The molecule has 2 aromatic heterocycles. The van der Waals surface area contributed by atoms with E-state index in [1.54, 1.807) is 0 Å². The molecule has 1 unspecified atom stereocenters. The molecule has 0 aliphatic carbocycles. The Morgan fingerprint density at radius 3 is 3.20 bits per heavy atom. The van der Waals surface area contributed by atoms with Gasteiger partial charge in [-0.25, -0.2) is 0 Å². The number of hydrogen-bond acceptors (Lipinski definition) is 3. The number of pyridine rings is 2. The van der Waals surface area contributed by atoms with E-state index in [2.05, 4.69) is 21.4 Å². The van der Waals surface area contributed by atoms with Crippen molar-refractivity contribution in [3.63, 3.8) is 0 Å². The van der Waals surface area contributed by atoms with Crippen molar-refractivity contribution in [2.75, 3.05) is 13.1 Å². The molecule has 0 saturated carbocycles. The van der Waals surface area contributed by atoms with E-state index in [1.165, 1.54) is 17.4 Å². The second-order valence-corrected chi connectivity index (χ2v) is 4.03. The van der Waals surface area contributed by atoms with Gasteiger partial charge in [0.05, 0.1) is 11.7 Å². The zero-order valence-electron chi connectivity index (χ0n) is 8.48. The molecular weight excluding hydrogens is 186 g/mol. The summed E-state index contributed by atoms with van der Waals surface area (Å²) in [5, 5.41) is 4.57. The fraction of sp³-hybridized carbons (Fsp3) is 0.333. The van der Waals surface area contributed by atoms with Crippen LogP contribution in [-0.2, 0) is 0 Å². The highest BCUT2D eigenvalue weighted by molar-refractivity contribution is 5.77. The monoisotopic (exact) mass is 199 g/mol. The molecule has 1 fully saturated rings. The highest BCUT2D eigenvalue weighted by Gasteiger charge is 2.16. The molecule has 0 amide bonds. The summed E-state index contributed by atoms with van der Waals surface area (Å²) in [6.07, 6.45) is 6.84. The van der Waals surface area contributed by atoms with Crippen LogP contribution in [0.4, 0.5) is 0 Å². The van der Waals surface area contributed by atoms with E-state index in [0.29, 0.717) is 5.92 Å². The lowest BCUT2D eigenvalue weighted by molar-refractivity contribution is 0.761. The summed E-state index contributed by atoms with van der Waals surface area (Å²) in [6.45, 7) is 2.21. The van der Waals surface area contributed by atoms with Gasteiger partial charge in [-0.05, 0) is 36.6 Å². The first-order valence-corrected chi connectivity index (χ1v) is 5.34. The van der Waals surface area contributed by atoms with E-state index in [0.717, 1.165) is 18.6 Å². The molecule has 76 valence electrons. The van der Waals surface area contributed by atoms with Crippen molar-refractivity contribution in [3.8, 4) is 0 Å². The molecule has 0 bridgehead atoms. The molecule has 1 aliphatic heterocycles. The van der Waals surface area contributed by atoms with Crippen LogP contribution in [0.15, 0.2) is 30.7 Å². The number of nitrogens with one attached hydrogen (secondary N) is 1. The highest BCUT2D eigenvalue weighted by Crippen LogP contribution is 2.23. The molecule has 0 spiro atoms. The van der Waals surface area contributed by atoms with Crippen molar-refractivity contribution in [1.29, 1.82) is 0 Å². The first-order valence-electron chi connectivity index (χ1n) is 5.34. The third kappa shape index (κ3) is 1.59. The SMILES string of the molecule is c1cc2cc(C3CCNC3)cnc2cn1. The van der Waals surface area contributed by atoms with Gasteiger partial charge in [-0.2, -0.15) is 0 Å². The molecule has 3 nitrogen and oxygen atoms in total. The number of rotatable bonds is 1. The number of nitrogens with zero attached hydrogens (tertiary/aromatic N) is 2. The Balaban J connectivity index is 2.05. The van der Waals surface area contributed by atoms with Crippen LogP contribution in [0.1, 0.15) is 17.9 Å². The molecule has 3 rings (SSSR count). The summed E-state index contributed by atoms with van der Waals surface area (Å²) in [5.74, 6) is 0.634. The summed E-state index contributed by atoms with van der Waals surface area (Å²) < 4.78 is 0. The van der Waals surface area contributed by atoms with E-state index in [9.17, 15) is 0 Å². The van der Waals surface area contributed by atoms with Gasteiger partial charge in [0.1, 0.15) is 0 Å². The largest absolute Gasteiger partial charge is 0.316 e. The predicted molar refractivity (Wildman–Crippen MR) is 59.8 cm³/mol. The number of hydrogen-bond donors (Lipinski definition) is 1. The third-order valence-corrected chi connectivity index (χ3v) is 3.04. The van der Waals surface area contributed by atoms with Gasteiger partial charge in [0, 0.05) is 24.3 Å². The van der Waals surface area contributed by atoms with Gasteiger partial charge in [0.25, 0.3) is 0 Å². The molecule has 2 aromatic rings. The van der Waals surface area contributed by atoms with Crippen LogP contribution in [0.3, 0.4) is 0 Å². The number of fused-ring (bicyclic) bond motifs is 1. The van der Waals surface area contributed by atoms with E-state index in [1.807, 2.05) is 24.7 Å². The molecular formula is C12H13N3. The zero-order valence-corrected chi connectivity index (χ0v) is 8.48. The average Bonchev–Trinajstić information content (AvgIpc) is 2.82. The second-order valence-electron chi connectivity index (χ2n) is 4.03. The Kier molecular flexibility index (Phi) is 2.10. The first-order chi connectivity index (χ1) is 7.43. The predicted octanol–water partition coefficient (Wildman–Crippen LogP) is 1.71. The molecule has 1 aliphatic rings. The maximum atomic E-state index is 4.44. The Hall–Kier alpha value is -1.48. The van der Waals surface area contributed by atoms with Crippen molar-refractivity contribution >= 4 is 10.9 Å². The maximum Gasteiger partial charge on any atom is 0.0885 e. The van der Waals surface area contributed by atoms with Gasteiger partial charge >= 0.3 is 0 Å². The Morgan fingerprint density at radius 1 is 1.33 bits per heavy atom. The van der Waals surface area contributed by atoms with Gasteiger partial charge in [-0.3, -0.25) is 9.97 Å². The minimum Gasteiger partial charge on any atom is -0.316 e. The zero-order chi connectivity index (χ0) is 10.1. The molecule has 1 atom stereocenters. The van der Waals surface area contributed by atoms with Crippen molar-refractivity contribution in [2.45, 2.75) is 12.3 Å². The van der Waals surface area contributed by atoms with Crippen LogP contribution in [0.5, 0.6) is 0 Å². The van der Waals surface area contributed by atoms with Gasteiger partial charge in [0.15, 0.2) is 0 Å². The second kappa shape index (κ2) is 3.59. The molecule has 15 heavy (non-hydrogen) atoms. The van der Waals surface area contributed by atoms with E-state index in [4.69, 9.17) is 0 Å². The topological polar surface area (TPSA) is 37.8 Å². The average molecular weight is 199 g/mol. The third-order valence-electron chi connectivity index (χ3n) is 3.04. The smallest absolute Gasteiger partial charge is 0.0885 e. The molecule has 3 heterocycles. The number of aromatic nitrogens is 2. The molecule has 0 aromatic carbocycles. The Labute approximate surface area is 88.6 Å². The highest BCUT2D eigenvalue weighted by atomic mass is 14.9. The fourth-order valence-corrected chi connectivity index (χ4v) is 2.15. The lowest BCUT2D eigenvalue weighted by atomic mass is 9.99. The van der Waals surface area contributed by atoms with Gasteiger partial charge < -0.3 is 5.32 Å². The van der Waals surface area contributed by atoms with E-state index in [-0.39, 0.29) is 0 Å². The standard InChI is InChI=1S/C12H13N3/c1-3-14-8-12-9(1)5-11(7-15-12)10-2-4-13-6-10/h1,3,5,7-8,10,13H,2,4,6H2. The maximum absolute atomic E-state index is 4.44. The normalized spacial score (nSPS) is 20.9. The van der Waals surface area contributed by atoms with Gasteiger partial charge in [-0.1, -0.05) is 0 Å². The van der Waals surface area contributed by atoms with Crippen molar-refractivity contribution in [2.24, 2.45) is 0 Å². The minimum absolute atomic E-state index is 0.634. The van der Waals surface area contributed by atoms with E-state index < -0.39 is 0 Å². The van der Waals surface area contributed by atoms with Gasteiger partial charge in [0.2, 0.25) is 0 Å². The van der Waals surface area contributed by atoms with Crippen molar-refractivity contribution < 1.29 is 0 Å². The summed E-state index contributed by atoms with van der Waals surface area (Å²) in [5.41, 5.74) is 2.32. The lowest BCUT2D eigenvalue weighted by Gasteiger charge is -2.08. The Morgan fingerprint density at radius 2 is 2.33 bits per heavy atom. The van der Waals surface area contributed by atoms with Crippen LogP contribution >= 0.6 is 0 Å². The van der Waals surface area contributed by atoms with E-state index >= 15 is 0 Å². The molecule has 1 N–H and O–H groups in total. The van der Waals surface area contributed by atoms with Crippen LogP contribution < -0.4 is 5.32 Å². The molecule has 3 heteroatoms. The summed E-state index contributed by atoms with van der Waals surface area (Å²) in [6, 6.07) is 4.26. The summed E-state index contributed by atoms with van der Waals surface area (Å²) >= 11 is 0. The van der Waals surface area contributed by atoms with Crippen LogP contribution in [-0.4, -0.2) is 23.1 Å².